The summed E-state index contributed by atoms with van der Waals surface area (Å²) in [7, 11) is 0. The highest BCUT2D eigenvalue weighted by Crippen LogP contribution is 2.29. The van der Waals surface area contributed by atoms with Gasteiger partial charge in [-0.3, -0.25) is 4.79 Å². The number of para-hydroxylation sites is 1. The number of rotatable bonds is 7. The lowest BCUT2D eigenvalue weighted by atomic mass is 10.0. The molecule has 0 fully saturated rings. The number of amides is 1. The van der Waals surface area contributed by atoms with Crippen molar-refractivity contribution in [1.29, 1.82) is 0 Å². The molecule has 0 radical (unpaired) electrons. The number of ether oxygens (including phenoxy) is 1. The van der Waals surface area contributed by atoms with Crippen LogP contribution in [0.3, 0.4) is 0 Å². The van der Waals surface area contributed by atoms with E-state index in [1.54, 1.807) is 0 Å². The second-order valence-electron chi connectivity index (χ2n) is 6.51. The molecule has 5 heteroatoms. The highest BCUT2D eigenvalue weighted by atomic mass is 16.5. The third-order valence-corrected chi connectivity index (χ3v) is 4.55. The first-order chi connectivity index (χ1) is 13.2. The fourth-order valence-electron chi connectivity index (χ4n) is 3.27. The predicted molar refractivity (Wildman–Crippen MR) is 107 cm³/mol. The van der Waals surface area contributed by atoms with Gasteiger partial charge in [-0.2, -0.15) is 0 Å². The number of aliphatic hydroxyl groups excluding tert-OH is 1. The largest absolute Gasteiger partial charge is 0.491 e. The van der Waals surface area contributed by atoms with Gasteiger partial charge in [0.15, 0.2) is 0 Å². The number of nitrogens with one attached hydrogen (secondary N) is 2. The predicted octanol–water partition coefficient (Wildman–Crippen LogP) is 3.87. The van der Waals surface area contributed by atoms with Crippen molar-refractivity contribution in [3.05, 3.63) is 72.3 Å². The maximum atomic E-state index is 10.7. The zero-order valence-electron chi connectivity index (χ0n) is 14.7. The van der Waals surface area contributed by atoms with Crippen LogP contribution in [-0.4, -0.2) is 29.2 Å². The number of hydrogen-bond donors (Lipinski definition) is 3. The summed E-state index contributed by atoms with van der Waals surface area (Å²) in [5.74, 6) is 0.749. The normalized spacial score (nSPS) is 12.2. The second kappa shape index (κ2) is 7.51. The van der Waals surface area contributed by atoms with Crippen molar-refractivity contribution in [1.82, 2.24) is 4.98 Å². The molecule has 4 aromatic rings. The van der Waals surface area contributed by atoms with Crippen LogP contribution >= 0.6 is 0 Å². The number of aromatic nitrogens is 1. The molecule has 0 aliphatic heterocycles. The fourth-order valence-corrected chi connectivity index (χ4v) is 3.27. The number of aliphatic hydroxyl groups is 1. The van der Waals surface area contributed by atoms with Crippen molar-refractivity contribution >= 4 is 33.9 Å². The first-order valence-electron chi connectivity index (χ1n) is 8.83. The molecule has 4 rings (SSSR count). The lowest BCUT2D eigenvalue weighted by molar-refractivity contribution is -0.105. The van der Waals surface area contributed by atoms with Crippen LogP contribution in [0.1, 0.15) is 5.56 Å². The van der Waals surface area contributed by atoms with E-state index in [9.17, 15) is 9.90 Å². The molecule has 3 N–H and O–H groups in total. The van der Waals surface area contributed by atoms with Crippen molar-refractivity contribution in [3.8, 4) is 5.75 Å². The maximum absolute atomic E-state index is 10.7. The van der Waals surface area contributed by atoms with E-state index in [0.29, 0.717) is 12.8 Å². The molecule has 136 valence electrons. The molecule has 0 bridgehead atoms. The van der Waals surface area contributed by atoms with E-state index in [2.05, 4.69) is 16.4 Å². The quantitative estimate of drug-likeness (QED) is 0.438. The van der Waals surface area contributed by atoms with Gasteiger partial charge < -0.3 is 20.1 Å². The van der Waals surface area contributed by atoms with Gasteiger partial charge in [0, 0.05) is 33.9 Å². The summed E-state index contributed by atoms with van der Waals surface area (Å²) in [6.45, 7) is 0.239. The van der Waals surface area contributed by atoms with Crippen LogP contribution in [0.25, 0.3) is 21.8 Å². The summed E-state index contributed by atoms with van der Waals surface area (Å²) >= 11 is 0. The number of hydrogen-bond acceptors (Lipinski definition) is 3. The minimum absolute atomic E-state index is 0.239. The average molecular weight is 360 g/mol. The molecule has 1 aromatic heterocycles. The molecule has 27 heavy (non-hydrogen) atoms. The van der Waals surface area contributed by atoms with E-state index in [-0.39, 0.29) is 6.61 Å². The van der Waals surface area contributed by atoms with Crippen molar-refractivity contribution in [2.24, 2.45) is 0 Å². The van der Waals surface area contributed by atoms with Crippen molar-refractivity contribution in [2.75, 3.05) is 11.9 Å². The van der Waals surface area contributed by atoms with Crippen LogP contribution in [0.4, 0.5) is 5.69 Å². The Labute approximate surface area is 156 Å². The first kappa shape index (κ1) is 17.1. The highest BCUT2D eigenvalue weighted by Gasteiger charge is 2.10. The molecular formula is C22H20N2O3. The fraction of sp³-hybridized carbons (Fsp3) is 0.136. The molecule has 1 unspecified atom stereocenters. The summed E-state index contributed by atoms with van der Waals surface area (Å²) in [6, 6.07) is 21.3. The Hall–Kier alpha value is -3.31. The van der Waals surface area contributed by atoms with Gasteiger partial charge in [0.2, 0.25) is 6.41 Å². The van der Waals surface area contributed by atoms with Crippen LogP contribution < -0.4 is 10.1 Å². The van der Waals surface area contributed by atoms with Gasteiger partial charge in [0.05, 0.1) is 6.10 Å². The molecule has 0 saturated heterocycles. The second-order valence-corrected chi connectivity index (χ2v) is 6.51. The first-order valence-corrected chi connectivity index (χ1v) is 8.83. The smallest absolute Gasteiger partial charge is 0.211 e. The van der Waals surface area contributed by atoms with Gasteiger partial charge >= 0.3 is 0 Å². The third kappa shape index (κ3) is 3.78. The monoisotopic (exact) mass is 360 g/mol. The summed E-state index contributed by atoms with van der Waals surface area (Å²) in [5, 5.41) is 15.1. The van der Waals surface area contributed by atoms with Crippen LogP contribution in [0, 0.1) is 0 Å². The highest BCUT2D eigenvalue weighted by molar-refractivity contribution is 6.08. The number of benzene rings is 3. The molecule has 5 nitrogen and oxygen atoms in total. The lowest BCUT2D eigenvalue weighted by Gasteiger charge is -2.12. The molecule has 1 amide bonds. The Balaban J connectivity index is 1.54. The minimum atomic E-state index is -0.597. The number of carbonyl (C=O) groups is 1. The number of anilines is 1. The molecule has 0 spiro atoms. The summed E-state index contributed by atoms with van der Waals surface area (Å²) in [5.41, 5.74) is 3.81. The third-order valence-electron chi connectivity index (χ3n) is 4.55. The molecule has 3 aromatic carbocycles. The Morgan fingerprint density at radius 2 is 1.74 bits per heavy atom. The van der Waals surface area contributed by atoms with Crippen LogP contribution in [0.2, 0.25) is 0 Å². The number of fused-ring (bicyclic) bond motifs is 3. The van der Waals surface area contributed by atoms with Crippen molar-refractivity contribution in [2.45, 2.75) is 12.5 Å². The van der Waals surface area contributed by atoms with E-state index in [1.807, 2.05) is 60.7 Å². The SMILES string of the molecule is O=CNc1ccc2[nH]c3ccc(CC(O)COc4ccccc4)cc3c2c1. The minimum Gasteiger partial charge on any atom is -0.491 e. The topological polar surface area (TPSA) is 74.4 Å². The lowest BCUT2D eigenvalue weighted by Crippen LogP contribution is -2.20. The summed E-state index contributed by atoms with van der Waals surface area (Å²) < 4.78 is 5.63. The van der Waals surface area contributed by atoms with E-state index >= 15 is 0 Å². The van der Waals surface area contributed by atoms with Crippen molar-refractivity contribution in [3.63, 3.8) is 0 Å². The van der Waals surface area contributed by atoms with Gasteiger partial charge in [-0.25, -0.2) is 0 Å². The molecule has 1 heterocycles. The Kier molecular flexibility index (Phi) is 4.77. The zero-order valence-corrected chi connectivity index (χ0v) is 14.7. The Bertz CT molecular complexity index is 1070. The molecule has 0 saturated carbocycles. The van der Waals surface area contributed by atoms with Gasteiger partial charge in [-0.15, -0.1) is 0 Å². The number of carbonyl (C=O) groups excluding carboxylic acids is 1. The average Bonchev–Trinajstić information content (AvgIpc) is 3.05. The number of aromatic amines is 1. The maximum Gasteiger partial charge on any atom is 0.211 e. The Morgan fingerprint density at radius 1 is 1.00 bits per heavy atom. The van der Waals surface area contributed by atoms with E-state index < -0.39 is 6.10 Å². The van der Waals surface area contributed by atoms with E-state index in [0.717, 1.165) is 38.8 Å². The zero-order chi connectivity index (χ0) is 18.6. The van der Waals surface area contributed by atoms with Crippen LogP contribution in [-0.2, 0) is 11.2 Å². The van der Waals surface area contributed by atoms with Gasteiger partial charge in [0.25, 0.3) is 0 Å². The molecule has 0 aliphatic carbocycles. The van der Waals surface area contributed by atoms with E-state index in [4.69, 9.17) is 4.74 Å². The molecular weight excluding hydrogens is 340 g/mol. The standard InChI is InChI=1S/C22H20N2O3/c25-14-23-16-7-9-22-20(12-16)19-11-15(6-8-21(19)24-22)10-17(26)13-27-18-4-2-1-3-5-18/h1-9,11-12,14,17,24,26H,10,13H2,(H,23,25). The Morgan fingerprint density at radius 3 is 2.52 bits per heavy atom. The molecule has 1 atom stereocenters. The van der Waals surface area contributed by atoms with E-state index in [1.165, 1.54) is 0 Å². The van der Waals surface area contributed by atoms with Crippen molar-refractivity contribution < 1.29 is 14.6 Å². The summed E-state index contributed by atoms with van der Waals surface area (Å²) in [6.07, 6.45) is 0.576. The summed E-state index contributed by atoms with van der Waals surface area (Å²) in [4.78, 5) is 14.1. The van der Waals surface area contributed by atoms with Crippen LogP contribution in [0.5, 0.6) is 5.75 Å². The van der Waals surface area contributed by atoms with Gasteiger partial charge in [-0.05, 0) is 48.0 Å². The van der Waals surface area contributed by atoms with Gasteiger partial charge in [-0.1, -0.05) is 24.3 Å². The van der Waals surface area contributed by atoms with Gasteiger partial charge in [0.1, 0.15) is 12.4 Å². The molecule has 0 aliphatic rings. The number of H-pyrrole nitrogens is 1. The van der Waals surface area contributed by atoms with Crippen LogP contribution in [0.15, 0.2) is 66.7 Å².